The van der Waals surface area contributed by atoms with Crippen molar-refractivity contribution >= 4 is 28.3 Å². The lowest BCUT2D eigenvalue weighted by atomic mass is 10.3. The number of benzene rings is 1. The van der Waals surface area contributed by atoms with Crippen LogP contribution in [-0.2, 0) is 5.75 Å². The van der Waals surface area contributed by atoms with Crippen LogP contribution in [0.15, 0.2) is 23.1 Å². The molecular formula is C9H7F2N3S2. The van der Waals surface area contributed by atoms with E-state index in [1.807, 2.05) is 0 Å². The highest BCUT2D eigenvalue weighted by Crippen LogP contribution is 2.28. The van der Waals surface area contributed by atoms with Gasteiger partial charge in [-0.2, -0.15) is 0 Å². The van der Waals surface area contributed by atoms with Gasteiger partial charge in [0, 0.05) is 22.2 Å². The van der Waals surface area contributed by atoms with Crippen LogP contribution < -0.4 is 5.73 Å². The van der Waals surface area contributed by atoms with Crippen LogP contribution in [0.25, 0.3) is 0 Å². The lowest BCUT2D eigenvalue weighted by molar-refractivity contribution is 0.577. The zero-order chi connectivity index (χ0) is 11.5. The maximum absolute atomic E-state index is 13.2. The number of nitrogen functional groups attached to an aromatic ring is 1. The first-order valence-corrected chi connectivity index (χ1v) is 6.07. The fourth-order valence-corrected chi connectivity index (χ4v) is 2.49. The van der Waals surface area contributed by atoms with E-state index in [9.17, 15) is 8.78 Å². The van der Waals surface area contributed by atoms with Crippen LogP contribution in [0.1, 0.15) is 5.69 Å². The Morgan fingerprint density at radius 3 is 2.88 bits per heavy atom. The Kier molecular flexibility index (Phi) is 3.35. The van der Waals surface area contributed by atoms with Crippen molar-refractivity contribution < 1.29 is 8.78 Å². The molecule has 0 atom stereocenters. The zero-order valence-corrected chi connectivity index (χ0v) is 9.62. The second-order valence-corrected chi connectivity index (χ2v) is 4.75. The minimum absolute atomic E-state index is 0.243. The Labute approximate surface area is 98.8 Å². The molecule has 0 bridgehead atoms. The fourth-order valence-electron chi connectivity index (χ4n) is 1.05. The predicted molar refractivity (Wildman–Crippen MR) is 60.2 cm³/mol. The highest BCUT2D eigenvalue weighted by atomic mass is 32.2. The molecule has 3 nitrogen and oxygen atoms in total. The van der Waals surface area contributed by atoms with Crippen LogP contribution >= 0.6 is 23.3 Å². The van der Waals surface area contributed by atoms with E-state index >= 15 is 0 Å². The summed E-state index contributed by atoms with van der Waals surface area (Å²) in [5.41, 5.74) is 6.18. The molecule has 0 fully saturated rings. The van der Waals surface area contributed by atoms with E-state index in [-0.39, 0.29) is 4.90 Å². The van der Waals surface area contributed by atoms with Gasteiger partial charge < -0.3 is 5.73 Å². The molecule has 2 rings (SSSR count). The van der Waals surface area contributed by atoms with Crippen LogP contribution in [0.5, 0.6) is 0 Å². The topological polar surface area (TPSA) is 51.8 Å². The molecule has 2 aromatic rings. The summed E-state index contributed by atoms with van der Waals surface area (Å²) in [6.07, 6.45) is 0. The summed E-state index contributed by atoms with van der Waals surface area (Å²) >= 11 is 2.22. The summed E-state index contributed by atoms with van der Waals surface area (Å²) in [5, 5.41) is 4.29. The molecule has 0 saturated carbocycles. The van der Waals surface area contributed by atoms with Crippen molar-refractivity contribution in [2.24, 2.45) is 0 Å². The molecule has 0 unspecified atom stereocenters. The van der Waals surface area contributed by atoms with Crippen LogP contribution in [0.2, 0.25) is 0 Å². The molecule has 84 valence electrons. The van der Waals surface area contributed by atoms with Crippen molar-refractivity contribution in [1.82, 2.24) is 9.59 Å². The van der Waals surface area contributed by atoms with Crippen molar-refractivity contribution in [1.29, 1.82) is 0 Å². The van der Waals surface area contributed by atoms with Gasteiger partial charge in [-0.05, 0) is 18.2 Å². The van der Waals surface area contributed by atoms with Gasteiger partial charge in [-0.25, -0.2) is 8.78 Å². The first-order valence-electron chi connectivity index (χ1n) is 4.31. The molecule has 0 aliphatic carbocycles. The lowest BCUT2D eigenvalue weighted by Crippen LogP contribution is -1.90. The van der Waals surface area contributed by atoms with Gasteiger partial charge in [0.1, 0.15) is 22.3 Å². The van der Waals surface area contributed by atoms with Gasteiger partial charge >= 0.3 is 0 Å². The predicted octanol–water partition coefficient (Wildman–Crippen LogP) is 2.69. The van der Waals surface area contributed by atoms with Crippen molar-refractivity contribution in [3.05, 3.63) is 35.5 Å². The molecule has 1 heterocycles. The lowest BCUT2D eigenvalue weighted by Gasteiger charge is -2.01. The number of halogens is 2. The van der Waals surface area contributed by atoms with Crippen LogP contribution in [0.3, 0.4) is 0 Å². The number of thioether (sulfide) groups is 1. The standard InChI is InChI=1S/C9H7F2N3S2/c10-5-1-2-6(11)8(3-5)15-4-7-9(12)16-14-13-7/h1-3H,4,12H2. The zero-order valence-electron chi connectivity index (χ0n) is 7.98. The Bertz CT molecular complexity index is 501. The van der Waals surface area contributed by atoms with Crippen LogP contribution in [0.4, 0.5) is 13.8 Å². The number of nitrogens with two attached hydrogens (primary N) is 1. The molecule has 0 spiro atoms. The van der Waals surface area contributed by atoms with Gasteiger partial charge in [-0.15, -0.1) is 16.9 Å². The summed E-state index contributed by atoms with van der Waals surface area (Å²) < 4.78 is 29.8. The summed E-state index contributed by atoms with van der Waals surface area (Å²) in [6, 6.07) is 3.33. The molecule has 0 radical (unpaired) electrons. The van der Waals surface area contributed by atoms with Gasteiger partial charge in [-0.1, -0.05) is 4.49 Å². The highest BCUT2D eigenvalue weighted by Gasteiger charge is 2.08. The number of nitrogens with zero attached hydrogens (tertiary/aromatic N) is 2. The van der Waals surface area contributed by atoms with Gasteiger partial charge in [0.05, 0.1) is 0 Å². The molecule has 1 aromatic heterocycles. The number of aromatic nitrogens is 2. The maximum atomic E-state index is 13.2. The first-order chi connectivity index (χ1) is 7.66. The average Bonchev–Trinajstić information content (AvgIpc) is 2.66. The van der Waals surface area contributed by atoms with E-state index in [0.29, 0.717) is 16.4 Å². The highest BCUT2D eigenvalue weighted by molar-refractivity contribution is 7.98. The third kappa shape index (κ3) is 2.48. The smallest absolute Gasteiger partial charge is 0.136 e. The molecule has 1 aromatic carbocycles. The van der Waals surface area contributed by atoms with Crippen LogP contribution in [-0.4, -0.2) is 9.59 Å². The molecule has 0 aliphatic heterocycles. The Hall–Kier alpha value is -1.21. The number of anilines is 1. The minimum Gasteiger partial charge on any atom is -0.388 e. The normalized spacial score (nSPS) is 10.6. The first kappa shape index (κ1) is 11.3. The van der Waals surface area contributed by atoms with Gasteiger partial charge in [0.25, 0.3) is 0 Å². The van der Waals surface area contributed by atoms with Gasteiger partial charge in [-0.3, -0.25) is 0 Å². The molecular weight excluding hydrogens is 252 g/mol. The Morgan fingerprint density at radius 1 is 1.38 bits per heavy atom. The molecule has 0 saturated heterocycles. The van der Waals surface area contributed by atoms with Gasteiger partial charge in [0.2, 0.25) is 0 Å². The molecule has 16 heavy (non-hydrogen) atoms. The van der Waals surface area contributed by atoms with Crippen molar-refractivity contribution in [2.45, 2.75) is 10.6 Å². The van der Waals surface area contributed by atoms with E-state index in [4.69, 9.17) is 5.73 Å². The molecule has 7 heteroatoms. The van der Waals surface area contributed by atoms with Crippen molar-refractivity contribution in [3.63, 3.8) is 0 Å². The monoisotopic (exact) mass is 259 g/mol. The van der Waals surface area contributed by atoms with E-state index in [1.54, 1.807) is 0 Å². The molecule has 0 aliphatic rings. The van der Waals surface area contributed by atoms with Gasteiger partial charge in [0.15, 0.2) is 0 Å². The minimum atomic E-state index is -0.465. The summed E-state index contributed by atoms with van der Waals surface area (Å²) in [5.74, 6) is -0.538. The second kappa shape index (κ2) is 4.75. The third-order valence-corrected chi connectivity index (χ3v) is 3.48. The molecule has 2 N–H and O–H groups in total. The molecule has 0 amide bonds. The Balaban J connectivity index is 2.10. The number of hydrogen-bond acceptors (Lipinski definition) is 5. The van der Waals surface area contributed by atoms with E-state index in [2.05, 4.69) is 9.59 Å². The van der Waals surface area contributed by atoms with E-state index < -0.39 is 11.6 Å². The second-order valence-electron chi connectivity index (χ2n) is 2.95. The van der Waals surface area contributed by atoms with E-state index in [0.717, 1.165) is 41.5 Å². The fraction of sp³-hybridized carbons (Fsp3) is 0.111. The summed E-state index contributed by atoms with van der Waals surface area (Å²) in [7, 11) is 0. The quantitative estimate of drug-likeness (QED) is 0.861. The van der Waals surface area contributed by atoms with Crippen molar-refractivity contribution in [2.75, 3.05) is 5.73 Å². The maximum Gasteiger partial charge on any atom is 0.136 e. The number of hydrogen-bond donors (Lipinski definition) is 1. The largest absolute Gasteiger partial charge is 0.388 e. The summed E-state index contributed by atoms with van der Waals surface area (Å²) in [4.78, 5) is 0.243. The SMILES string of the molecule is Nc1snnc1CSc1cc(F)ccc1F. The van der Waals surface area contributed by atoms with Crippen LogP contribution in [0, 0.1) is 11.6 Å². The summed E-state index contributed by atoms with van der Waals surface area (Å²) in [6.45, 7) is 0. The van der Waals surface area contributed by atoms with Crippen molar-refractivity contribution in [3.8, 4) is 0 Å². The third-order valence-electron chi connectivity index (χ3n) is 1.84. The Morgan fingerprint density at radius 2 is 2.19 bits per heavy atom. The average molecular weight is 259 g/mol. The number of rotatable bonds is 3. The van der Waals surface area contributed by atoms with E-state index in [1.165, 1.54) is 0 Å².